The van der Waals surface area contributed by atoms with Crippen LogP contribution < -0.4 is 0 Å². The van der Waals surface area contributed by atoms with Gasteiger partial charge in [0.25, 0.3) is 0 Å². The zero-order valence-electron chi connectivity index (χ0n) is 9.23. The summed E-state index contributed by atoms with van der Waals surface area (Å²) in [5.41, 5.74) is 3.20. The molecule has 3 nitrogen and oxygen atoms in total. The smallest absolute Gasteiger partial charge is 0.0829 e. The Bertz CT molecular complexity index is 520. The molecule has 1 aliphatic carbocycles. The Morgan fingerprint density at radius 2 is 2.06 bits per heavy atom. The van der Waals surface area contributed by atoms with Gasteiger partial charge in [0.1, 0.15) is 0 Å². The number of aromatic nitrogens is 2. The summed E-state index contributed by atoms with van der Waals surface area (Å²) in [7, 11) is 0. The Morgan fingerprint density at radius 3 is 2.82 bits per heavy atom. The van der Waals surface area contributed by atoms with Crippen LogP contribution in [0.25, 0.3) is 0 Å². The van der Waals surface area contributed by atoms with Crippen molar-refractivity contribution >= 4 is 11.6 Å². The second-order valence-electron chi connectivity index (χ2n) is 4.51. The molecule has 88 valence electrons. The number of rotatable bonds is 1. The van der Waals surface area contributed by atoms with Gasteiger partial charge in [0.05, 0.1) is 12.3 Å². The van der Waals surface area contributed by atoms with Gasteiger partial charge in [-0.05, 0) is 36.5 Å². The van der Waals surface area contributed by atoms with Crippen LogP contribution in [-0.4, -0.2) is 15.3 Å². The molecule has 0 fully saturated rings. The van der Waals surface area contributed by atoms with E-state index in [9.17, 15) is 5.11 Å². The van der Waals surface area contributed by atoms with E-state index in [0.717, 1.165) is 29.1 Å². The van der Waals surface area contributed by atoms with Gasteiger partial charge >= 0.3 is 0 Å². The first-order valence-corrected chi connectivity index (χ1v) is 6.07. The molecular formula is C13H13ClN2O. The average molecular weight is 249 g/mol. The molecule has 0 bridgehead atoms. The van der Waals surface area contributed by atoms with E-state index in [2.05, 4.69) is 10.2 Å². The highest BCUT2D eigenvalue weighted by molar-refractivity contribution is 6.30. The summed E-state index contributed by atoms with van der Waals surface area (Å²) in [6.07, 6.45) is 2.94. The summed E-state index contributed by atoms with van der Waals surface area (Å²) in [6, 6.07) is 7.85. The van der Waals surface area contributed by atoms with Crippen LogP contribution in [0.1, 0.15) is 35.3 Å². The summed E-state index contributed by atoms with van der Waals surface area (Å²) in [6.45, 7) is 0. The van der Waals surface area contributed by atoms with E-state index >= 15 is 0 Å². The van der Waals surface area contributed by atoms with Gasteiger partial charge in [-0.15, -0.1) is 0 Å². The van der Waals surface area contributed by atoms with Gasteiger partial charge in [-0.1, -0.05) is 23.7 Å². The normalized spacial score (nSPS) is 23.4. The van der Waals surface area contributed by atoms with E-state index in [1.165, 1.54) is 5.56 Å². The monoisotopic (exact) mass is 248 g/mol. The third-order valence-electron chi connectivity index (χ3n) is 3.41. The lowest BCUT2D eigenvalue weighted by atomic mass is 9.82. The maximum atomic E-state index is 10.1. The van der Waals surface area contributed by atoms with Crippen LogP contribution in [0.5, 0.6) is 0 Å². The molecule has 1 aromatic carbocycles. The molecule has 2 N–H and O–H groups in total. The Balaban J connectivity index is 1.90. The highest BCUT2D eigenvalue weighted by Gasteiger charge is 2.27. The number of fused-ring (bicyclic) bond motifs is 1. The maximum absolute atomic E-state index is 10.1. The first-order valence-electron chi connectivity index (χ1n) is 5.69. The number of hydrogen-bond donors (Lipinski definition) is 2. The predicted octanol–water partition coefficient (Wildman–Crippen LogP) is 2.83. The van der Waals surface area contributed by atoms with Crippen LogP contribution in [0.15, 0.2) is 30.5 Å². The highest BCUT2D eigenvalue weighted by atomic mass is 35.5. The SMILES string of the molecule is OC1CC(c2ccc(Cl)cc2)Cc2[nH]ncc21. The number of benzene rings is 1. The molecule has 0 spiro atoms. The fourth-order valence-electron chi connectivity index (χ4n) is 2.49. The van der Waals surface area contributed by atoms with E-state index in [1.54, 1.807) is 6.20 Å². The lowest BCUT2D eigenvalue weighted by Crippen LogP contribution is -2.16. The number of aliphatic hydroxyl groups is 1. The van der Waals surface area contributed by atoms with Crippen molar-refractivity contribution < 1.29 is 5.11 Å². The van der Waals surface area contributed by atoms with Crippen molar-refractivity contribution in [2.24, 2.45) is 0 Å². The molecule has 0 amide bonds. The van der Waals surface area contributed by atoms with Gasteiger partial charge in [0.2, 0.25) is 0 Å². The Hall–Kier alpha value is -1.32. The lowest BCUT2D eigenvalue weighted by molar-refractivity contribution is 0.147. The maximum Gasteiger partial charge on any atom is 0.0829 e. The molecule has 1 aromatic heterocycles. The van der Waals surface area contributed by atoms with Crippen LogP contribution >= 0.6 is 11.6 Å². The van der Waals surface area contributed by atoms with Crippen LogP contribution in [0, 0.1) is 0 Å². The third kappa shape index (κ3) is 1.96. The van der Waals surface area contributed by atoms with Gasteiger partial charge in [-0.25, -0.2) is 0 Å². The number of nitrogens with zero attached hydrogens (tertiary/aromatic N) is 1. The van der Waals surface area contributed by atoms with Crippen LogP contribution in [0.4, 0.5) is 0 Å². The van der Waals surface area contributed by atoms with Gasteiger partial charge in [-0.2, -0.15) is 5.10 Å². The van der Waals surface area contributed by atoms with Crippen LogP contribution in [0.3, 0.4) is 0 Å². The predicted molar refractivity (Wildman–Crippen MR) is 66.1 cm³/mol. The molecule has 2 aromatic rings. The van der Waals surface area contributed by atoms with Gasteiger partial charge < -0.3 is 5.11 Å². The summed E-state index contributed by atoms with van der Waals surface area (Å²) in [5, 5.41) is 17.7. The van der Waals surface area contributed by atoms with E-state index in [1.807, 2.05) is 24.3 Å². The summed E-state index contributed by atoms with van der Waals surface area (Å²) < 4.78 is 0. The molecule has 1 heterocycles. The van der Waals surface area contributed by atoms with E-state index in [4.69, 9.17) is 11.6 Å². The molecular weight excluding hydrogens is 236 g/mol. The molecule has 3 rings (SSSR count). The minimum absolute atomic E-state index is 0.329. The fourth-order valence-corrected chi connectivity index (χ4v) is 2.61. The molecule has 0 radical (unpaired) electrons. The fraction of sp³-hybridized carbons (Fsp3) is 0.308. The number of nitrogens with one attached hydrogen (secondary N) is 1. The molecule has 1 aliphatic rings. The summed E-state index contributed by atoms with van der Waals surface area (Å²) in [4.78, 5) is 0. The number of aliphatic hydroxyl groups excluding tert-OH is 1. The van der Waals surface area contributed by atoms with Crippen molar-refractivity contribution in [3.8, 4) is 0 Å². The van der Waals surface area contributed by atoms with Gasteiger partial charge in [0, 0.05) is 16.3 Å². The molecule has 2 unspecified atom stereocenters. The first-order chi connectivity index (χ1) is 8.24. The van der Waals surface area contributed by atoms with Gasteiger partial charge in [0.15, 0.2) is 0 Å². The third-order valence-corrected chi connectivity index (χ3v) is 3.66. The Labute approximate surface area is 104 Å². The first kappa shape index (κ1) is 10.8. The van der Waals surface area contributed by atoms with Crippen LogP contribution in [-0.2, 0) is 6.42 Å². The van der Waals surface area contributed by atoms with Crippen molar-refractivity contribution in [1.82, 2.24) is 10.2 Å². The number of halogens is 1. The second kappa shape index (κ2) is 4.17. The second-order valence-corrected chi connectivity index (χ2v) is 4.94. The zero-order chi connectivity index (χ0) is 11.8. The van der Waals surface area contributed by atoms with Crippen LogP contribution in [0.2, 0.25) is 5.02 Å². The van der Waals surface area contributed by atoms with E-state index in [0.29, 0.717) is 5.92 Å². The quantitative estimate of drug-likeness (QED) is 0.815. The minimum Gasteiger partial charge on any atom is -0.388 e. The topological polar surface area (TPSA) is 48.9 Å². The average Bonchev–Trinajstić information content (AvgIpc) is 2.78. The molecule has 2 atom stereocenters. The van der Waals surface area contributed by atoms with E-state index < -0.39 is 6.10 Å². The molecule has 4 heteroatoms. The Kier molecular flexibility index (Phi) is 2.65. The summed E-state index contributed by atoms with van der Waals surface area (Å²) >= 11 is 5.88. The molecule has 0 saturated heterocycles. The number of aromatic amines is 1. The highest BCUT2D eigenvalue weighted by Crippen LogP contribution is 2.37. The number of hydrogen-bond acceptors (Lipinski definition) is 2. The lowest BCUT2D eigenvalue weighted by Gasteiger charge is -2.26. The van der Waals surface area contributed by atoms with E-state index in [-0.39, 0.29) is 0 Å². The van der Waals surface area contributed by atoms with Crippen molar-refractivity contribution in [3.63, 3.8) is 0 Å². The van der Waals surface area contributed by atoms with Crippen molar-refractivity contribution in [1.29, 1.82) is 0 Å². The largest absolute Gasteiger partial charge is 0.388 e. The standard InChI is InChI=1S/C13H13ClN2O/c14-10-3-1-8(2-4-10)9-5-12-11(7-15-16-12)13(17)6-9/h1-4,7,9,13,17H,5-6H2,(H,15,16). The summed E-state index contributed by atoms with van der Waals surface area (Å²) in [5.74, 6) is 0.329. The molecule has 17 heavy (non-hydrogen) atoms. The van der Waals surface area contributed by atoms with Crippen molar-refractivity contribution in [3.05, 3.63) is 52.3 Å². The molecule has 0 aliphatic heterocycles. The molecule has 0 saturated carbocycles. The number of H-pyrrole nitrogens is 1. The zero-order valence-corrected chi connectivity index (χ0v) is 9.98. The van der Waals surface area contributed by atoms with Crippen molar-refractivity contribution in [2.75, 3.05) is 0 Å². The van der Waals surface area contributed by atoms with Crippen molar-refractivity contribution in [2.45, 2.75) is 24.9 Å². The minimum atomic E-state index is -0.418. The Morgan fingerprint density at radius 1 is 1.29 bits per heavy atom. The van der Waals surface area contributed by atoms with Gasteiger partial charge in [-0.3, -0.25) is 5.10 Å².